The summed E-state index contributed by atoms with van der Waals surface area (Å²) >= 11 is 0. The van der Waals surface area contributed by atoms with Crippen molar-refractivity contribution in [1.82, 2.24) is 0 Å². The third-order valence-corrected chi connectivity index (χ3v) is 2.61. The van der Waals surface area contributed by atoms with Crippen molar-refractivity contribution in [2.45, 2.75) is 19.3 Å². The fraction of sp³-hybridized carbons (Fsp3) is 0.214. The molecular formula is C14H14. The van der Waals surface area contributed by atoms with Gasteiger partial charge in [0.2, 0.25) is 0 Å². The maximum Gasteiger partial charge on any atom is 0.0160 e. The first-order valence-corrected chi connectivity index (χ1v) is 5.10. The molecule has 1 aliphatic carbocycles. The predicted octanol–water partition coefficient (Wildman–Crippen LogP) is 3.83. The summed E-state index contributed by atoms with van der Waals surface area (Å²) in [4.78, 5) is 0. The Morgan fingerprint density at radius 1 is 1.21 bits per heavy atom. The summed E-state index contributed by atoms with van der Waals surface area (Å²) in [7, 11) is 0. The molecule has 1 aromatic carbocycles. The summed E-state index contributed by atoms with van der Waals surface area (Å²) in [6.45, 7) is 2.22. The van der Waals surface area contributed by atoms with Gasteiger partial charge in [0.15, 0.2) is 0 Å². The van der Waals surface area contributed by atoms with Crippen molar-refractivity contribution in [1.29, 1.82) is 0 Å². The first kappa shape index (κ1) is 9.05. The molecule has 0 heteroatoms. The van der Waals surface area contributed by atoms with Crippen molar-refractivity contribution >= 4 is 0 Å². The molecule has 14 heavy (non-hydrogen) atoms. The Morgan fingerprint density at radius 3 is 2.57 bits per heavy atom. The van der Waals surface area contributed by atoms with Crippen LogP contribution in [0.15, 0.2) is 59.9 Å². The third-order valence-electron chi connectivity index (χ3n) is 2.61. The SMILES string of the molecule is CCC(C1=C=CC=C1)c1ccccc1. The van der Waals surface area contributed by atoms with Gasteiger partial charge in [-0.25, -0.2) is 0 Å². The van der Waals surface area contributed by atoms with Gasteiger partial charge in [-0.1, -0.05) is 49.4 Å². The molecule has 0 fully saturated rings. The van der Waals surface area contributed by atoms with E-state index in [4.69, 9.17) is 0 Å². The Labute approximate surface area is 85.3 Å². The smallest absolute Gasteiger partial charge is 0.0160 e. The van der Waals surface area contributed by atoms with Gasteiger partial charge in [-0.15, -0.1) is 5.73 Å². The van der Waals surface area contributed by atoms with E-state index in [0.29, 0.717) is 5.92 Å². The second kappa shape index (κ2) is 4.13. The van der Waals surface area contributed by atoms with E-state index >= 15 is 0 Å². The number of hydrogen-bond donors (Lipinski definition) is 0. The van der Waals surface area contributed by atoms with Crippen LogP contribution in [-0.2, 0) is 0 Å². The van der Waals surface area contributed by atoms with Crippen molar-refractivity contribution in [2.24, 2.45) is 0 Å². The molecule has 70 valence electrons. The van der Waals surface area contributed by atoms with Crippen molar-refractivity contribution in [3.05, 3.63) is 65.4 Å². The zero-order valence-electron chi connectivity index (χ0n) is 8.40. The summed E-state index contributed by atoms with van der Waals surface area (Å²) in [6.07, 6.45) is 7.33. The van der Waals surface area contributed by atoms with E-state index in [-0.39, 0.29) is 0 Å². The molecule has 0 bridgehead atoms. The maximum absolute atomic E-state index is 3.29. The van der Waals surface area contributed by atoms with E-state index in [1.54, 1.807) is 0 Å². The second-order valence-electron chi connectivity index (χ2n) is 3.50. The first-order valence-electron chi connectivity index (χ1n) is 5.10. The van der Waals surface area contributed by atoms with Crippen LogP contribution in [0.25, 0.3) is 0 Å². The molecule has 0 radical (unpaired) electrons. The largest absolute Gasteiger partial charge is 0.117 e. The molecule has 1 aliphatic rings. The minimum Gasteiger partial charge on any atom is -0.117 e. The molecule has 0 nitrogen and oxygen atoms in total. The van der Waals surface area contributed by atoms with Gasteiger partial charge in [0.1, 0.15) is 0 Å². The first-order chi connectivity index (χ1) is 6.92. The van der Waals surface area contributed by atoms with Gasteiger partial charge in [0, 0.05) is 11.5 Å². The second-order valence-corrected chi connectivity index (χ2v) is 3.50. The Bertz CT molecular complexity index is 389. The summed E-state index contributed by atoms with van der Waals surface area (Å²) in [5, 5.41) is 0. The average molecular weight is 182 g/mol. The van der Waals surface area contributed by atoms with Crippen LogP contribution in [0.5, 0.6) is 0 Å². The number of rotatable bonds is 3. The van der Waals surface area contributed by atoms with Gasteiger partial charge >= 0.3 is 0 Å². The number of allylic oxidation sites excluding steroid dienone is 3. The van der Waals surface area contributed by atoms with Gasteiger partial charge in [0.25, 0.3) is 0 Å². The van der Waals surface area contributed by atoms with Crippen molar-refractivity contribution in [3.8, 4) is 0 Å². The summed E-state index contributed by atoms with van der Waals surface area (Å²) < 4.78 is 0. The predicted molar refractivity (Wildman–Crippen MR) is 60.2 cm³/mol. The number of benzene rings is 1. The highest BCUT2D eigenvalue weighted by Gasteiger charge is 2.12. The van der Waals surface area contributed by atoms with Crippen molar-refractivity contribution in [3.63, 3.8) is 0 Å². The molecule has 0 aliphatic heterocycles. The molecule has 1 aromatic rings. The molecule has 0 saturated carbocycles. The minimum atomic E-state index is 0.506. The van der Waals surface area contributed by atoms with Crippen LogP contribution in [0.2, 0.25) is 0 Å². The van der Waals surface area contributed by atoms with Gasteiger partial charge < -0.3 is 0 Å². The van der Waals surface area contributed by atoms with Crippen LogP contribution >= 0.6 is 0 Å². The minimum absolute atomic E-state index is 0.506. The molecule has 2 rings (SSSR count). The summed E-state index contributed by atoms with van der Waals surface area (Å²) in [5.41, 5.74) is 5.98. The lowest BCUT2D eigenvalue weighted by atomic mass is 9.90. The fourth-order valence-corrected chi connectivity index (χ4v) is 1.88. The van der Waals surface area contributed by atoms with Gasteiger partial charge in [0.05, 0.1) is 0 Å². The Hall–Kier alpha value is -1.52. The quantitative estimate of drug-likeness (QED) is 0.623. The molecular weight excluding hydrogens is 168 g/mol. The standard InChI is InChI=1S/C14H14/c1-2-14(13-10-6-7-11-13)12-8-4-3-5-9-12/h3-10,14H,2H2,1H3. The lowest BCUT2D eigenvalue weighted by molar-refractivity contribution is 0.779. The van der Waals surface area contributed by atoms with E-state index in [1.165, 1.54) is 11.1 Å². The monoisotopic (exact) mass is 182 g/mol. The van der Waals surface area contributed by atoms with Crippen molar-refractivity contribution in [2.75, 3.05) is 0 Å². The topological polar surface area (TPSA) is 0 Å². The van der Waals surface area contributed by atoms with E-state index in [2.05, 4.69) is 55.1 Å². The lowest BCUT2D eigenvalue weighted by Crippen LogP contribution is -1.97. The van der Waals surface area contributed by atoms with Gasteiger partial charge in [-0.2, -0.15) is 0 Å². The van der Waals surface area contributed by atoms with Gasteiger partial charge in [-0.3, -0.25) is 0 Å². The number of hydrogen-bond acceptors (Lipinski definition) is 0. The van der Waals surface area contributed by atoms with E-state index < -0.39 is 0 Å². The van der Waals surface area contributed by atoms with E-state index in [0.717, 1.165) is 6.42 Å². The summed E-state index contributed by atoms with van der Waals surface area (Å²) in [6, 6.07) is 10.6. The Balaban J connectivity index is 2.31. The molecule has 0 aromatic heterocycles. The zero-order chi connectivity index (χ0) is 9.80. The maximum atomic E-state index is 3.29. The van der Waals surface area contributed by atoms with E-state index in [1.807, 2.05) is 6.08 Å². The van der Waals surface area contributed by atoms with Crippen molar-refractivity contribution < 1.29 is 0 Å². The normalized spacial score (nSPS) is 15.6. The van der Waals surface area contributed by atoms with Crippen LogP contribution in [-0.4, -0.2) is 0 Å². The third kappa shape index (κ3) is 1.71. The molecule has 1 atom stereocenters. The van der Waals surface area contributed by atoms with Crippen LogP contribution in [0, 0.1) is 0 Å². The highest BCUT2D eigenvalue weighted by atomic mass is 14.2. The van der Waals surface area contributed by atoms with Gasteiger partial charge in [-0.05, 0) is 18.1 Å². The molecule has 0 N–H and O–H groups in total. The summed E-state index contributed by atoms with van der Waals surface area (Å²) in [5.74, 6) is 0.506. The highest BCUT2D eigenvalue weighted by Crippen LogP contribution is 2.28. The molecule has 1 unspecified atom stereocenters. The highest BCUT2D eigenvalue weighted by molar-refractivity contribution is 5.39. The molecule has 0 amide bonds. The Kier molecular flexibility index (Phi) is 2.67. The van der Waals surface area contributed by atoms with Crippen LogP contribution in [0.4, 0.5) is 0 Å². The molecule has 0 saturated heterocycles. The van der Waals surface area contributed by atoms with Crippen LogP contribution in [0.3, 0.4) is 0 Å². The van der Waals surface area contributed by atoms with E-state index in [9.17, 15) is 0 Å². The average Bonchev–Trinajstić information content (AvgIpc) is 2.74. The van der Waals surface area contributed by atoms with Crippen LogP contribution in [0.1, 0.15) is 24.8 Å². The molecule has 0 spiro atoms. The zero-order valence-corrected chi connectivity index (χ0v) is 8.40. The lowest BCUT2D eigenvalue weighted by Gasteiger charge is -2.14. The fourth-order valence-electron chi connectivity index (χ4n) is 1.88. The van der Waals surface area contributed by atoms with Crippen LogP contribution < -0.4 is 0 Å². The Morgan fingerprint density at radius 2 is 2.00 bits per heavy atom. The molecule has 0 heterocycles.